The van der Waals surface area contributed by atoms with E-state index in [0.29, 0.717) is 25.7 Å². The summed E-state index contributed by atoms with van der Waals surface area (Å²) in [6.45, 7) is 16.3. The lowest BCUT2D eigenvalue weighted by atomic mass is 9.56. The summed E-state index contributed by atoms with van der Waals surface area (Å²) in [5.41, 5.74) is -0.889. The van der Waals surface area contributed by atoms with Crippen LogP contribution >= 0.6 is 0 Å². The average molecular weight is 489 g/mol. The quantitative estimate of drug-likeness (QED) is 0.544. The van der Waals surface area contributed by atoms with Crippen molar-refractivity contribution >= 4 is 11.6 Å². The number of ketones is 2. The first-order chi connectivity index (χ1) is 15.9. The van der Waals surface area contributed by atoms with E-state index in [1.807, 2.05) is 34.6 Å². The Kier molecular flexibility index (Phi) is 6.55. The van der Waals surface area contributed by atoms with Gasteiger partial charge in [0.1, 0.15) is 5.60 Å². The number of rotatable bonds is 3. The fourth-order valence-electron chi connectivity index (χ4n) is 8.66. The molecule has 0 bridgehead atoms. The maximum atomic E-state index is 13.3. The van der Waals surface area contributed by atoms with Gasteiger partial charge in [-0.3, -0.25) is 9.59 Å². The summed E-state index contributed by atoms with van der Waals surface area (Å²) >= 11 is 0. The Morgan fingerprint density at radius 3 is 2.17 bits per heavy atom. The second-order valence-corrected chi connectivity index (χ2v) is 14.1. The van der Waals surface area contributed by atoms with Crippen molar-refractivity contribution < 1.29 is 24.5 Å². The van der Waals surface area contributed by atoms with E-state index < -0.39 is 16.8 Å². The van der Waals surface area contributed by atoms with E-state index in [0.717, 1.165) is 37.7 Å². The van der Waals surface area contributed by atoms with E-state index in [9.17, 15) is 19.8 Å². The molecule has 5 nitrogen and oxygen atoms in total. The molecule has 2 N–H and O–H groups in total. The smallest absolute Gasteiger partial charge is 0.164 e. The van der Waals surface area contributed by atoms with Crippen molar-refractivity contribution in [3.8, 4) is 0 Å². The minimum absolute atomic E-state index is 0.0133. The van der Waals surface area contributed by atoms with E-state index >= 15 is 0 Å². The van der Waals surface area contributed by atoms with Gasteiger partial charge in [-0.1, -0.05) is 26.3 Å². The molecule has 5 heteroatoms. The van der Waals surface area contributed by atoms with Gasteiger partial charge in [-0.25, -0.2) is 0 Å². The van der Waals surface area contributed by atoms with Gasteiger partial charge >= 0.3 is 0 Å². The Balaban J connectivity index is 1.65. The van der Waals surface area contributed by atoms with Gasteiger partial charge in [0.25, 0.3) is 0 Å². The lowest BCUT2D eigenvalue weighted by Crippen LogP contribution is -2.56. The van der Waals surface area contributed by atoms with E-state index in [4.69, 9.17) is 4.74 Å². The van der Waals surface area contributed by atoms with Crippen molar-refractivity contribution in [2.45, 2.75) is 136 Å². The summed E-state index contributed by atoms with van der Waals surface area (Å²) in [6.07, 6.45) is 6.11. The van der Waals surface area contributed by atoms with Gasteiger partial charge in [-0.2, -0.15) is 0 Å². The molecule has 7 atom stereocenters. The van der Waals surface area contributed by atoms with Crippen LogP contribution in [0.25, 0.3) is 0 Å². The number of ether oxygens (including phenoxy) is 1. The molecule has 35 heavy (non-hydrogen) atoms. The van der Waals surface area contributed by atoms with Crippen molar-refractivity contribution in [2.75, 3.05) is 0 Å². The maximum absolute atomic E-state index is 13.3. The topological polar surface area (TPSA) is 83.8 Å². The van der Waals surface area contributed by atoms with Crippen molar-refractivity contribution in [3.63, 3.8) is 0 Å². The molecule has 3 aliphatic carbocycles. The largest absolute Gasteiger partial charge is 0.390 e. The number of aliphatic hydroxyl groups is 2. The molecule has 4 rings (SSSR count). The average Bonchev–Trinajstić information content (AvgIpc) is 2.96. The molecule has 2 saturated carbocycles. The van der Waals surface area contributed by atoms with Gasteiger partial charge in [-0.05, 0) is 114 Å². The molecule has 0 radical (unpaired) electrons. The molecule has 1 unspecified atom stereocenters. The van der Waals surface area contributed by atoms with Gasteiger partial charge in [0.2, 0.25) is 0 Å². The molecule has 0 spiro atoms. The minimum Gasteiger partial charge on any atom is -0.390 e. The number of carbonyl (C=O) groups excluding carboxylic acids is 2. The van der Waals surface area contributed by atoms with Crippen LogP contribution < -0.4 is 0 Å². The van der Waals surface area contributed by atoms with Gasteiger partial charge in [0.05, 0.1) is 17.3 Å². The van der Waals surface area contributed by atoms with Crippen molar-refractivity contribution in [1.82, 2.24) is 0 Å². The summed E-state index contributed by atoms with van der Waals surface area (Å²) in [5, 5.41) is 22.7. The second-order valence-electron chi connectivity index (χ2n) is 14.1. The number of allylic oxidation sites excluding steroid dienone is 2. The van der Waals surface area contributed by atoms with Crippen LogP contribution in [0, 0.1) is 28.6 Å². The third kappa shape index (κ3) is 4.38. The third-order valence-corrected chi connectivity index (χ3v) is 11.1. The van der Waals surface area contributed by atoms with E-state index in [2.05, 4.69) is 20.8 Å². The first kappa shape index (κ1) is 27.0. The Hall–Kier alpha value is -1.04. The molecule has 1 saturated heterocycles. The standard InChI is InChI=1S/C30H48O5/c1-18-19(26(2,3)20-11-15-29(7,33)21(20)17-22(18)31)9-10-23-28(6)14-12-24(32)27(4,5)35-25(28)13-16-30(23,8)34/h20-21,23,25,33-34H,9-17H2,1-8H3/t20-,21-,23-,25?,28-,29-,30+/m1/s1. The summed E-state index contributed by atoms with van der Waals surface area (Å²) in [6, 6.07) is 0. The molecule has 3 fully saturated rings. The molecule has 1 heterocycles. The molecule has 0 aromatic carbocycles. The van der Waals surface area contributed by atoms with Gasteiger partial charge < -0.3 is 14.9 Å². The summed E-state index contributed by atoms with van der Waals surface area (Å²) in [5.74, 6) is 0.518. The molecule has 1 aliphatic heterocycles. The van der Waals surface area contributed by atoms with Crippen LogP contribution in [-0.2, 0) is 14.3 Å². The van der Waals surface area contributed by atoms with Gasteiger partial charge in [0, 0.05) is 12.8 Å². The van der Waals surface area contributed by atoms with Crippen molar-refractivity contribution in [3.05, 3.63) is 11.1 Å². The maximum Gasteiger partial charge on any atom is 0.164 e. The van der Waals surface area contributed by atoms with Crippen LogP contribution in [0.3, 0.4) is 0 Å². The SMILES string of the molecule is CC1=C(CC[C@H]2[C@@](C)(O)CCC3OC(C)(C)C(=O)CC[C@@]32C)C(C)(C)[C@@H]2CC[C@@](C)(O)[C@@H]2CC1=O. The van der Waals surface area contributed by atoms with E-state index in [1.54, 1.807) is 0 Å². The van der Waals surface area contributed by atoms with Crippen molar-refractivity contribution in [1.29, 1.82) is 0 Å². The van der Waals surface area contributed by atoms with Crippen LogP contribution in [0.15, 0.2) is 11.1 Å². The number of carbonyl (C=O) groups is 2. The number of fused-ring (bicyclic) bond motifs is 2. The zero-order valence-corrected chi connectivity index (χ0v) is 23.3. The minimum atomic E-state index is -0.848. The Morgan fingerprint density at radius 2 is 1.51 bits per heavy atom. The van der Waals surface area contributed by atoms with Gasteiger partial charge in [0.15, 0.2) is 11.6 Å². The fourth-order valence-corrected chi connectivity index (χ4v) is 8.66. The Labute approximate surface area is 212 Å². The predicted octanol–water partition coefficient (Wildman–Crippen LogP) is 5.55. The van der Waals surface area contributed by atoms with Gasteiger partial charge in [-0.15, -0.1) is 0 Å². The molecule has 0 amide bonds. The summed E-state index contributed by atoms with van der Waals surface area (Å²) in [7, 11) is 0. The first-order valence-electron chi connectivity index (χ1n) is 13.8. The molecule has 198 valence electrons. The zero-order valence-electron chi connectivity index (χ0n) is 23.3. The highest BCUT2D eigenvalue weighted by atomic mass is 16.5. The Morgan fingerprint density at radius 1 is 0.886 bits per heavy atom. The molecule has 0 aromatic rings. The fraction of sp³-hybridized carbons (Fsp3) is 0.867. The van der Waals surface area contributed by atoms with Crippen molar-refractivity contribution in [2.24, 2.45) is 28.6 Å². The van der Waals surface area contributed by atoms with Crippen LogP contribution in [0.4, 0.5) is 0 Å². The van der Waals surface area contributed by atoms with Crippen LogP contribution in [-0.4, -0.2) is 44.7 Å². The number of Topliss-reactive ketones (excluding diaryl/α,β-unsaturated/α-hetero) is 2. The van der Waals surface area contributed by atoms with E-state index in [-0.39, 0.29) is 46.3 Å². The molecular weight excluding hydrogens is 440 g/mol. The third-order valence-electron chi connectivity index (χ3n) is 11.1. The highest BCUT2D eigenvalue weighted by Gasteiger charge is 2.57. The summed E-state index contributed by atoms with van der Waals surface area (Å²) in [4.78, 5) is 26.1. The lowest BCUT2D eigenvalue weighted by molar-refractivity contribution is -0.195. The second kappa shape index (κ2) is 8.49. The van der Waals surface area contributed by atoms with Crippen LogP contribution in [0.2, 0.25) is 0 Å². The normalized spacial score (nSPS) is 45.5. The van der Waals surface area contributed by atoms with Crippen LogP contribution in [0.1, 0.15) is 113 Å². The first-order valence-corrected chi connectivity index (χ1v) is 13.8. The molecular formula is C30H48O5. The highest BCUT2D eigenvalue weighted by molar-refractivity contribution is 5.96. The predicted molar refractivity (Wildman–Crippen MR) is 137 cm³/mol. The number of hydrogen-bond donors (Lipinski definition) is 2. The van der Waals surface area contributed by atoms with Crippen LogP contribution in [0.5, 0.6) is 0 Å². The molecule has 0 aromatic heterocycles. The molecule has 4 aliphatic rings. The summed E-state index contributed by atoms with van der Waals surface area (Å²) < 4.78 is 6.46. The zero-order chi connectivity index (χ0) is 26.2. The highest BCUT2D eigenvalue weighted by Crippen LogP contribution is 2.58. The Bertz CT molecular complexity index is 923. The lowest BCUT2D eigenvalue weighted by Gasteiger charge is -2.54. The number of hydrogen-bond acceptors (Lipinski definition) is 5. The van der Waals surface area contributed by atoms with E-state index in [1.165, 1.54) is 5.57 Å². The monoisotopic (exact) mass is 488 g/mol.